The molecule has 0 radical (unpaired) electrons. The van der Waals surface area contributed by atoms with Gasteiger partial charge < -0.3 is 0 Å². The van der Waals surface area contributed by atoms with E-state index in [4.69, 9.17) is 0 Å². The Balaban J connectivity index is 3.81. The maximum absolute atomic E-state index is 13.2. The van der Waals surface area contributed by atoms with E-state index in [0.717, 1.165) is 0 Å². The molecule has 0 unspecified atom stereocenters. The molecule has 0 saturated heterocycles. The molecule has 0 saturated carbocycles. The van der Waals surface area contributed by atoms with Gasteiger partial charge in [0.1, 0.15) is 0 Å². The Morgan fingerprint density at radius 2 is 1.11 bits per heavy atom. The topological polar surface area (TPSA) is 34.1 Å². The lowest BCUT2D eigenvalue weighted by Crippen LogP contribution is -2.08. The molecule has 0 aliphatic carbocycles. The van der Waals surface area contributed by atoms with Crippen molar-refractivity contribution in [1.82, 2.24) is 0 Å². The van der Waals surface area contributed by atoms with Crippen LogP contribution in [0.25, 0.3) is 5.83 Å². The highest BCUT2D eigenvalue weighted by molar-refractivity contribution is 7.94. The van der Waals surface area contributed by atoms with Crippen LogP contribution >= 0.6 is 0 Å². The van der Waals surface area contributed by atoms with Crippen LogP contribution < -0.4 is 0 Å². The molecule has 1 rings (SSSR count). The Hall–Kier alpha value is -1.58. The van der Waals surface area contributed by atoms with E-state index in [1.165, 1.54) is 0 Å². The summed E-state index contributed by atoms with van der Waals surface area (Å²) in [5, 5.41) is -2.64. The number of hydrogen-bond donors (Lipinski definition) is 0. The molecule has 1 aromatic rings. The molecule has 19 heavy (non-hydrogen) atoms. The summed E-state index contributed by atoms with van der Waals surface area (Å²) in [4.78, 5) is 0. The molecule has 0 amide bonds. The maximum atomic E-state index is 13.2. The van der Waals surface area contributed by atoms with Crippen molar-refractivity contribution in [3.8, 4) is 0 Å². The fourth-order valence-corrected chi connectivity index (χ4v) is 1.49. The number of hydrogen-bond acceptors (Lipinski definition) is 2. The number of halogens is 7. The molecular formula is C9H3F7O2S. The largest absolute Gasteiger partial charge is 0.250 e. The Morgan fingerprint density at radius 3 is 1.42 bits per heavy atom. The van der Waals surface area contributed by atoms with Crippen molar-refractivity contribution in [3.05, 3.63) is 39.8 Å². The molecule has 1 aromatic carbocycles. The van der Waals surface area contributed by atoms with Crippen LogP contribution in [0.1, 0.15) is 5.56 Å². The number of rotatable bonds is 2. The van der Waals surface area contributed by atoms with E-state index in [0.29, 0.717) is 0 Å². The molecule has 10 heteroatoms. The van der Waals surface area contributed by atoms with Crippen molar-refractivity contribution >= 4 is 15.7 Å². The van der Waals surface area contributed by atoms with E-state index >= 15 is 0 Å². The molecule has 0 fully saturated rings. The predicted octanol–water partition coefficient (Wildman–Crippen LogP) is 2.99. The first-order valence-corrected chi connectivity index (χ1v) is 6.16. The second-order valence-corrected chi connectivity index (χ2v) is 5.21. The molecule has 0 spiro atoms. The highest BCUT2D eigenvalue weighted by atomic mass is 32.2. The van der Waals surface area contributed by atoms with E-state index in [-0.39, 0.29) is 6.26 Å². The minimum Gasteiger partial charge on any atom is -0.221 e. The van der Waals surface area contributed by atoms with E-state index in [2.05, 4.69) is 0 Å². The van der Waals surface area contributed by atoms with Crippen molar-refractivity contribution in [2.45, 2.75) is 0 Å². The highest BCUT2D eigenvalue weighted by Gasteiger charge is 2.31. The fourth-order valence-electron chi connectivity index (χ4n) is 1.06. The van der Waals surface area contributed by atoms with Gasteiger partial charge in [-0.1, -0.05) is 0 Å². The quantitative estimate of drug-likeness (QED) is 0.478. The predicted molar refractivity (Wildman–Crippen MR) is 50.2 cm³/mol. The Kier molecular flexibility index (Phi) is 3.94. The van der Waals surface area contributed by atoms with Gasteiger partial charge in [-0.2, -0.15) is 4.39 Å². The van der Waals surface area contributed by atoms with Gasteiger partial charge in [-0.25, -0.2) is 34.8 Å². The average Bonchev–Trinajstić information content (AvgIpc) is 2.31. The van der Waals surface area contributed by atoms with Crippen molar-refractivity contribution in [2.24, 2.45) is 0 Å². The zero-order chi connectivity index (χ0) is 15.1. The normalized spacial score (nSPS) is 13.5. The van der Waals surface area contributed by atoms with Crippen molar-refractivity contribution in [3.63, 3.8) is 0 Å². The highest BCUT2D eigenvalue weighted by Crippen LogP contribution is 2.32. The first kappa shape index (κ1) is 15.5. The zero-order valence-electron chi connectivity index (χ0n) is 8.87. The van der Waals surface area contributed by atoms with Crippen molar-refractivity contribution in [2.75, 3.05) is 6.26 Å². The van der Waals surface area contributed by atoms with E-state index in [1.807, 2.05) is 0 Å². The summed E-state index contributed by atoms with van der Waals surface area (Å²) in [5.74, 6) is -15.7. The Labute approximate surface area is 102 Å². The summed E-state index contributed by atoms with van der Waals surface area (Å²) in [5.41, 5.74) is -2.28. The third-order valence-electron chi connectivity index (χ3n) is 1.93. The molecule has 0 aliphatic heterocycles. The van der Waals surface area contributed by atoms with Crippen LogP contribution in [0.2, 0.25) is 0 Å². The lowest BCUT2D eigenvalue weighted by atomic mass is 10.1. The van der Waals surface area contributed by atoms with Crippen LogP contribution in [-0.2, 0) is 9.84 Å². The molecule has 2 nitrogen and oxygen atoms in total. The maximum Gasteiger partial charge on any atom is 0.250 e. The van der Waals surface area contributed by atoms with Gasteiger partial charge in [0.05, 0.1) is 5.56 Å². The molecular weight excluding hydrogens is 305 g/mol. The molecule has 0 bridgehead atoms. The van der Waals surface area contributed by atoms with Crippen molar-refractivity contribution < 1.29 is 39.2 Å². The van der Waals surface area contributed by atoms with Gasteiger partial charge in [-0.05, 0) is 0 Å². The molecule has 0 atom stereocenters. The molecule has 0 heterocycles. The van der Waals surface area contributed by atoms with Gasteiger partial charge in [-0.3, -0.25) is 0 Å². The summed E-state index contributed by atoms with van der Waals surface area (Å²) < 4.78 is 112. The monoisotopic (exact) mass is 308 g/mol. The van der Waals surface area contributed by atoms with Gasteiger partial charge >= 0.3 is 0 Å². The van der Waals surface area contributed by atoms with Gasteiger partial charge in [-0.15, -0.1) is 0 Å². The van der Waals surface area contributed by atoms with Crippen molar-refractivity contribution in [1.29, 1.82) is 0 Å². The van der Waals surface area contributed by atoms with Crippen LogP contribution in [-0.4, -0.2) is 14.7 Å². The minimum atomic E-state index is -4.85. The van der Waals surface area contributed by atoms with E-state index in [1.54, 1.807) is 0 Å². The molecule has 0 aliphatic rings. The average molecular weight is 308 g/mol. The summed E-state index contributed by atoms with van der Waals surface area (Å²) in [7, 11) is -4.85. The Bertz CT molecular complexity index is 649. The van der Waals surface area contributed by atoms with Gasteiger partial charge in [0.15, 0.2) is 29.1 Å². The lowest BCUT2D eigenvalue weighted by Gasteiger charge is -2.06. The number of sulfone groups is 1. The Morgan fingerprint density at radius 1 is 0.789 bits per heavy atom. The van der Waals surface area contributed by atoms with Gasteiger partial charge in [0.2, 0.25) is 15.7 Å². The lowest BCUT2D eigenvalue weighted by molar-refractivity contribution is 0.374. The van der Waals surface area contributed by atoms with Crippen LogP contribution in [0, 0.1) is 29.1 Å². The summed E-state index contributed by atoms with van der Waals surface area (Å²) in [6.07, 6.45) is 0.147. The minimum absolute atomic E-state index is 0.147. The first-order chi connectivity index (χ1) is 8.50. The second kappa shape index (κ2) is 4.83. The second-order valence-electron chi connectivity index (χ2n) is 3.30. The SMILES string of the molecule is CS(=O)(=O)C(F)=C(F)c1c(F)c(F)c(F)c(F)c1F. The van der Waals surface area contributed by atoms with E-state index < -0.39 is 55.5 Å². The van der Waals surface area contributed by atoms with Crippen LogP contribution in [0.3, 0.4) is 0 Å². The van der Waals surface area contributed by atoms with Gasteiger partial charge in [0.25, 0.3) is 5.16 Å². The summed E-state index contributed by atoms with van der Waals surface area (Å²) in [6, 6.07) is 0. The standard InChI is InChI=1S/C9H3F7O2S/c1-19(17,18)9(16)5(12)2-3(10)6(13)8(15)7(14)4(2)11/h1H3. The smallest absolute Gasteiger partial charge is 0.221 e. The fraction of sp³-hybridized carbons (Fsp3) is 0.111. The van der Waals surface area contributed by atoms with Gasteiger partial charge in [0, 0.05) is 6.26 Å². The van der Waals surface area contributed by atoms with Crippen LogP contribution in [0.5, 0.6) is 0 Å². The third kappa shape index (κ3) is 2.57. The molecule has 106 valence electrons. The molecule has 0 aromatic heterocycles. The summed E-state index contributed by atoms with van der Waals surface area (Å²) in [6.45, 7) is 0. The molecule has 0 N–H and O–H groups in total. The third-order valence-corrected chi connectivity index (χ3v) is 2.76. The van der Waals surface area contributed by atoms with Crippen LogP contribution in [0.4, 0.5) is 30.7 Å². The van der Waals surface area contributed by atoms with E-state index in [9.17, 15) is 39.2 Å². The van der Waals surface area contributed by atoms with Crippen LogP contribution in [0.15, 0.2) is 5.16 Å². The first-order valence-electron chi connectivity index (χ1n) is 4.27. The number of benzene rings is 1. The summed E-state index contributed by atoms with van der Waals surface area (Å²) >= 11 is 0. The zero-order valence-corrected chi connectivity index (χ0v) is 9.69.